The Balaban J connectivity index is 1.78. The van der Waals surface area contributed by atoms with Crippen molar-refractivity contribution in [2.24, 2.45) is 5.73 Å². The van der Waals surface area contributed by atoms with Gasteiger partial charge < -0.3 is 10.5 Å². The number of nitrogens with zero attached hydrogens (tertiary/aromatic N) is 1. The van der Waals surface area contributed by atoms with Gasteiger partial charge in [0.05, 0.1) is 5.69 Å². The minimum absolute atomic E-state index is 0.146. The van der Waals surface area contributed by atoms with Gasteiger partial charge in [-0.3, -0.25) is 4.98 Å². The number of rotatable bonds is 3. The summed E-state index contributed by atoms with van der Waals surface area (Å²) >= 11 is 3.38. The molecule has 2 aromatic rings. The van der Waals surface area contributed by atoms with Crippen molar-refractivity contribution in [1.82, 2.24) is 4.98 Å². The summed E-state index contributed by atoms with van der Waals surface area (Å²) in [6.07, 6.45) is 5.03. The summed E-state index contributed by atoms with van der Waals surface area (Å²) < 4.78 is 6.92. The summed E-state index contributed by atoms with van der Waals surface area (Å²) in [5.74, 6) is 0.947. The first-order valence-electron chi connectivity index (χ1n) is 6.84. The van der Waals surface area contributed by atoms with Gasteiger partial charge in [-0.15, -0.1) is 0 Å². The quantitative estimate of drug-likeness (QED) is 0.930. The third kappa shape index (κ3) is 2.86. The fourth-order valence-electron chi connectivity index (χ4n) is 2.63. The van der Waals surface area contributed by atoms with Crippen LogP contribution < -0.4 is 10.5 Å². The van der Waals surface area contributed by atoms with Crippen molar-refractivity contribution in [2.75, 3.05) is 0 Å². The highest BCUT2D eigenvalue weighted by molar-refractivity contribution is 9.10. The molecular formula is C16H17BrN2O. The highest BCUT2D eigenvalue weighted by Crippen LogP contribution is 2.34. The lowest BCUT2D eigenvalue weighted by molar-refractivity contribution is 0.296. The van der Waals surface area contributed by atoms with Gasteiger partial charge in [0.25, 0.3) is 0 Å². The maximum Gasteiger partial charge on any atom is 0.130 e. The van der Waals surface area contributed by atoms with Crippen LogP contribution in [0.15, 0.2) is 41.0 Å². The number of ether oxygens (including phenoxy) is 1. The Bertz CT molecular complexity index is 598. The molecule has 1 aliphatic carbocycles. The second kappa shape index (κ2) is 5.94. The number of hydrogen-bond donors (Lipinski definition) is 1. The Labute approximate surface area is 127 Å². The molecule has 104 valence electrons. The summed E-state index contributed by atoms with van der Waals surface area (Å²) in [7, 11) is 0. The van der Waals surface area contributed by atoms with Gasteiger partial charge in [0.15, 0.2) is 0 Å². The predicted molar refractivity (Wildman–Crippen MR) is 82.6 cm³/mol. The van der Waals surface area contributed by atoms with Crippen LogP contribution in [0.25, 0.3) is 0 Å². The standard InChI is InChI=1S/C16H17BrN2O/c17-11-7-8-12(19-9-11)10-20-16-6-2-3-13-14(16)4-1-5-15(13)18/h2-3,6-9,15H,1,4-5,10,18H2. The lowest BCUT2D eigenvalue weighted by Gasteiger charge is -2.24. The van der Waals surface area contributed by atoms with Gasteiger partial charge in [0.2, 0.25) is 0 Å². The number of benzene rings is 1. The summed E-state index contributed by atoms with van der Waals surface area (Å²) in [5, 5.41) is 0. The zero-order chi connectivity index (χ0) is 13.9. The second-order valence-electron chi connectivity index (χ2n) is 5.08. The number of pyridine rings is 1. The van der Waals surface area contributed by atoms with Gasteiger partial charge in [0, 0.05) is 16.7 Å². The molecule has 0 amide bonds. The monoisotopic (exact) mass is 332 g/mol. The lowest BCUT2D eigenvalue weighted by atomic mass is 9.87. The first kappa shape index (κ1) is 13.6. The maximum atomic E-state index is 6.17. The zero-order valence-electron chi connectivity index (χ0n) is 11.2. The molecule has 3 nitrogen and oxygen atoms in total. The molecule has 0 saturated heterocycles. The number of fused-ring (bicyclic) bond motifs is 1. The van der Waals surface area contributed by atoms with E-state index in [1.165, 1.54) is 11.1 Å². The first-order valence-corrected chi connectivity index (χ1v) is 7.64. The zero-order valence-corrected chi connectivity index (χ0v) is 12.8. The Morgan fingerprint density at radius 1 is 1.30 bits per heavy atom. The van der Waals surface area contributed by atoms with Gasteiger partial charge in [0.1, 0.15) is 12.4 Å². The van der Waals surface area contributed by atoms with E-state index in [9.17, 15) is 0 Å². The summed E-state index contributed by atoms with van der Waals surface area (Å²) in [6, 6.07) is 10.2. The molecule has 0 bridgehead atoms. The third-order valence-corrected chi connectivity index (χ3v) is 4.14. The molecule has 1 aromatic heterocycles. The fourth-order valence-corrected chi connectivity index (χ4v) is 2.87. The van der Waals surface area contributed by atoms with Crippen LogP contribution in [0.1, 0.15) is 35.7 Å². The maximum absolute atomic E-state index is 6.17. The second-order valence-corrected chi connectivity index (χ2v) is 5.99. The molecule has 1 aliphatic rings. The minimum atomic E-state index is 0.146. The van der Waals surface area contributed by atoms with E-state index in [0.717, 1.165) is 35.2 Å². The molecular weight excluding hydrogens is 316 g/mol. The van der Waals surface area contributed by atoms with Crippen molar-refractivity contribution in [3.63, 3.8) is 0 Å². The Hall–Kier alpha value is -1.39. The molecule has 0 radical (unpaired) electrons. The van der Waals surface area contributed by atoms with Gasteiger partial charge in [-0.05, 0) is 64.5 Å². The van der Waals surface area contributed by atoms with E-state index in [4.69, 9.17) is 10.5 Å². The van der Waals surface area contributed by atoms with E-state index in [2.05, 4.69) is 27.0 Å². The Kier molecular flexibility index (Phi) is 4.03. The largest absolute Gasteiger partial charge is 0.487 e. The van der Waals surface area contributed by atoms with E-state index in [1.54, 1.807) is 6.20 Å². The molecule has 1 unspecified atom stereocenters. The smallest absolute Gasteiger partial charge is 0.130 e. The molecule has 0 fully saturated rings. The molecule has 4 heteroatoms. The predicted octanol–water partition coefficient (Wildman–Crippen LogP) is 3.76. The minimum Gasteiger partial charge on any atom is -0.487 e. The third-order valence-electron chi connectivity index (χ3n) is 3.67. The van der Waals surface area contributed by atoms with Crippen molar-refractivity contribution >= 4 is 15.9 Å². The average molecular weight is 333 g/mol. The molecule has 0 spiro atoms. The van der Waals surface area contributed by atoms with Gasteiger partial charge >= 0.3 is 0 Å². The van der Waals surface area contributed by atoms with Crippen LogP contribution in [-0.4, -0.2) is 4.98 Å². The van der Waals surface area contributed by atoms with Gasteiger partial charge in [-0.2, -0.15) is 0 Å². The number of aromatic nitrogens is 1. The van der Waals surface area contributed by atoms with Crippen molar-refractivity contribution in [1.29, 1.82) is 0 Å². The van der Waals surface area contributed by atoms with Crippen LogP contribution in [-0.2, 0) is 13.0 Å². The highest BCUT2D eigenvalue weighted by Gasteiger charge is 2.19. The SMILES string of the molecule is NC1CCCc2c(OCc3ccc(Br)cn3)cccc21. The van der Waals surface area contributed by atoms with Gasteiger partial charge in [-0.1, -0.05) is 12.1 Å². The topological polar surface area (TPSA) is 48.1 Å². The lowest BCUT2D eigenvalue weighted by Crippen LogP contribution is -2.18. The Morgan fingerprint density at radius 2 is 2.20 bits per heavy atom. The van der Waals surface area contributed by atoms with E-state index < -0.39 is 0 Å². The normalized spacial score (nSPS) is 17.6. The van der Waals surface area contributed by atoms with E-state index >= 15 is 0 Å². The summed E-state index contributed by atoms with van der Waals surface area (Å²) in [5.41, 5.74) is 9.59. The number of halogens is 1. The fraction of sp³-hybridized carbons (Fsp3) is 0.312. The van der Waals surface area contributed by atoms with Crippen LogP contribution in [0.3, 0.4) is 0 Å². The van der Waals surface area contributed by atoms with Crippen molar-refractivity contribution in [3.05, 3.63) is 57.8 Å². The molecule has 0 aliphatic heterocycles. The molecule has 1 heterocycles. The molecule has 1 atom stereocenters. The van der Waals surface area contributed by atoms with Crippen molar-refractivity contribution in [2.45, 2.75) is 31.9 Å². The average Bonchev–Trinajstić information content (AvgIpc) is 2.47. The summed E-state index contributed by atoms with van der Waals surface area (Å²) in [4.78, 5) is 4.32. The van der Waals surface area contributed by atoms with Crippen LogP contribution >= 0.6 is 15.9 Å². The van der Waals surface area contributed by atoms with Crippen LogP contribution in [0.2, 0.25) is 0 Å². The first-order chi connectivity index (χ1) is 9.74. The number of hydrogen-bond acceptors (Lipinski definition) is 3. The van der Waals surface area contributed by atoms with E-state index in [1.807, 2.05) is 24.3 Å². The number of nitrogens with two attached hydrogens (primary N) is 1. The molecule has 20 heavy (non-hydrogen) atoms. The van der Waals surface area contributed by atoms with Crippen LogP contribution in [0.4, 0.5) is 0 Å². The molecule has 3 rings (SSSR count). The van der Waals surface area contributed by atoms with E-state index in [0.29, 0.717) is 6.61 Å². The highest BCUT2D eigenvalue weighted by atomic mass is 79.9. The van der Waals surface area contributed by atoms with Crippen LogP contribution in [0, 0.1) is 0 Å². The molecule has 1 aromatic carbocycles. The van der Waals surface area contributed by atoms with Crippen molar-refractivity contribution < 1.29 is 4.74 Å². The van der Waals surface area contributed by atoms with Crippen molar-refractivity contribution in [3.8, 4) is 5.75 Å². The van der Waals surface area contributed by atoms with Gasteiger partial charge in [-0.25, -0.2) is 0 Å². The summed E-state index contributed by atoms with van der Waals surface area (Å²) in [6.45, 7) is 0.485. The van der Waals surface area contributed by atoms with Crippen LogP contribution in [0.5, 0.6) is 5.75 Å². The molecule has 0 saturated carbocycles. The molecule has 2 N–H and O–H groups in total. The van der Waals surface area contributed by atoms with E-state index in [-0.39, 0.29) is 6.04 Å². The Morgan fingerprint density at radius 3 is 3.00 bits per heavy atom.